The quantitative estimate of drug-likeness (QED) is 0.797. The summed E-state index contributed by atoms with van der Waals surface area (Å²) in [5.41, 5.74) is 7.65. The second kappa shape index (κ2) is 7.92. The van der Waals surface area contributed by atoms with Crippen LogP contribution >= 0.6 is 15.9 Å². The first kappa shape index (κ1) is 17.1. The predicted octanol–water partition coefficient (Wildman–Crippen LogP) is 3.34. The van der Waals surface area contributed by atoms with Gasteiger partial charge in [0, 0.05) is 23.5 Å². The summed E-state index contributed by atoms with van der Waals surface area (Å²) in [7, 11) is 0. The average molecular weight is 389 g/mol. The van der Waals surface area contributed by atoms with Crippen molar-refractivity contribution < 1.29 is 9.53 Å². The van der Waals surface area contributed by atoms with Gasteiger partial charge in [0.15, 0.2) is 0 Å². The smallest absolute Gasteiger partial charge is 0.239 e. The number of nitrogens with one attached hydrogen (secondary N) is 1. The standard InChI is InChI=1S/C19H21BrN2O2/c20-16-8-6-13(7-9-16)17(19(21)23)22-12-15-10-11-24-18(15)14-4-2-1-3-5-14/h1-9,15,17-18,22H,10-12H2,(H2,21,23)/t15-,17?,18-/m1/s1. The van der Waals surface area contributed by atoms with Gasteiger partial charge in [0.25, 0.3) is 0 Å². The molecule has 24 heavy (non-hydrogen) atoms. The summed E-state index contributed by atoms with van der Waals surface area (Å²) < 4.78 is 6.88. The summed E-state index contributed by atoms with van der Waals surface area (Å²) in [5.74, 6) is -0.0443. The Morgan fingerprint density at radius 1 is 1.21 bits per heavy atom. The summed E-state index contributed by atoms with van der Waals surface area (Å²) in [6.07, 6.45) is 1.04. The minimum Gasteiger partial charge on any atom is -0.373 e. The van der Waals surface area contributed by atoms with Gasteiger partial charge in [-0.3, -0.25) is 4.79 Å². The summed E-state index contributed by atoms with van der Waals surface area (Å²) in [4.78, 5) is 11.9. The molecule has 0 aromatic heterocycles. The molecule has 2 aromatic carbocycles. The van der Waals surface area contributed by atoms with E-state index < -0.39 is 6.04 Å². The van der Waals surface area contributed by atoms with Crippen molar-refractivity contribution in [3.8, 4) is 0 Å². The zero-order chi connectivity index (χ0) is 16.9. The van der Waals surface area contributed by atoms with Crippen LogP contribution < -0.4 is 11.1 Å². The van der Waals surface area contributed by atoms with Crippen molar-refractivity contribution in [3.63, 3.8) is 0 Å². The number of halogens is 1. The van der Waals surface area contributed by atoms with E-state index in [4.69, 9.17) is 10.5 Å². The largest absolute Gasteiger partial charge is 0.373 e. The van der Waals surface area contributed by atoms with Crippen molar-refractivity contribution in [2.75, 3.05) is 13.2 Å². The lowest BCUT2D eigenvalue weighted by Crippen LogP contribution is -2.37. The predicted molar refractivity (Wildman–Crippen MR) is 97.3 cm³/mol. The molecule has 126 valence electrons. The van der Waals surface area contributed by atoms with E-state index in [1.165, 1.54) is 5.56 Å². The highest BCUT2D eigenvalue weighted by Crippen LogP contribution is 2.34. The maximum Gasteiger partial charge on any atom is 0.239 e. The number of benzene rings is 2. The van der Waals surface area contributed by atoms with Crippen molar-refractivity contribution >= 4 is 21.8 Å². The molecule has 0 radical (unpaired) electrons. The summed E-state index contributed by atoms with van der Waals surface area (Å²) in [5, 5.41) is 3.33. The first-order chi connectivity index (χ1) is 11.6. The molecule has 1 saturated heterocycles. The fourth-order valence-corrected chi connectivity index (χ4v) is 3.43. The number of carbonyl (C=O) groups excluding carboxylic acids is 1. The Bertz CT molecular complexity index is 676. The molecule has 1 heterocycles. The van der Waals surface area contributed by atoms with Crippen molar-refractivity contribution in [2.45, 2.75) is 18.6 Å². The second-order valence-electron chi connectivity index (χ2n) is 6.05. The summed E-state index contributed by atoms with van der Waals surface area (Å²) in [6, 6.07) is 17.4. The lowest BCUT2D eigenvalue weighted by molar-refractivity contribution is -0.120. The molecule has 2 aromatic rings. The fraction of sp³-hybridized carbons (Fsp3) is 0.316. The number of hydrogen-bond acceptors (Lipinski definition) is 3. The minimum atomic E-state index is -0.491. The van der Waals surface area contributed by atoms with Crippen LogP contribution in [0.25, 0.3) is 0 Å². The Balaban J connectivity index is 1.68. The van der Waals surface area contributed by atoms with Gasteiger partial charge in [-0.15, -0.1) is 0 Å². The van der Waals surface area contributed by atoms with E-state index in [9.17, 15) is 4.79 Å². The van der Waals surface area contributed by atoms with Gasteiger partial charge in [0.2, 0.25) is 5.91 Å². The number of amides is 1. The highest BCUT2D eigenvalue weighted by Gasteiger charge is 2.30. The normalized spacial score (nSPS) is 21.5. The van der Waals surface area contributed by atoms with Crippen molar-refractivity contribution in [1.82, 2.24) is 5.32 Å². The molecular weight excluding hydrogens is 368 g/mol. The average Bonchev–Trinajstić information content (AvgIpc) is 3.06. The fourth-order valence-electron chi connectivity index (χ4n) is 3.16. The van der Waals surface area contributed by atoms with Gasteiger partial charge in [0.1, 0.15) is 6.04 Å². The first-order valence-corrected chi connectivity index (χ1v) is 8.89. The highest BCUT2D eigenvalue weighted by molar-refractivity contribution is 9.10. The van der Waals surface area contributed by atoms with E-state index in [2.05, 4.69) is 33.4 Å². The molecule has 1 aliphatic rings. The van der Waals surface area contributed by atoms with Gasteiger partial charge in [-0.05, 0) is 29.7 Å². The third-order valence-corrected chi connectivity index (χ3v) is 4.94. The molecule has 1 fully saturated rings. The Kier molecular flexibility index (Phi) is 5.66. The molecule has 0 bridgehead atoms. The molecule has 5 heteroatoms. The maximum atomic E-state index is 11.9. The molecule has 4 nitrogen and oxygen atoms in total. The van der Waals surface area contributed by atoms with Gasteiger partial charge in [-0.1, -0.05) is 58.4 Å². The number of carbonyl (C=O) groups is 1. The molecule has 3 N–H and O–H groups in total. The van der Waals surface area contributed by atoms with E-state index >= 15 is 0 Å². The van der Waals surface area contributed by atoms with Crippen molar-refractivity contribution in [3.05, 3.63) is 70.2 Å². The van der Waals surface area contributed by atoms with Crippen LogP contribution in [0.3, 0.4) is 0 Å². The molecule has 0 spiro atoms. The summed E-state index contributed by atoms with van der Waals surface area (Å²) >= 11 is 3.41. The van der Waals surface area contributed by atoms with Crippen LogP contribution in [0.5, 0.6) is 0 Å². The monoisotopic (exact) mass is 388 g/mol. The molecule has 0 aliphatic carbocycles. The Morgan fingerprint density at radius 2 is 1.92 bits per heavy atom. The van der Waals surface area contributed by atoms with E-state index in [0.717, 1.165) is 23.1 Å². The molecule has 1 unspecified atom stereocenters. The third-order valence-electron chi connectivity index (χ3n) is 4.41. The van der Waals surface area contributed by atoms with E-state index in [1.54, 1.807) is 0 Å². The lowest BCUT2D eigenvalue weighted by atomic mass is 9.94. The number of hydrogen-bond donors (Lipinski definition) is 2. The van der Waals surface area contributed by atoms with Gasteiger partial charge < -0.3 is 15.8 Å². The second-order valence-corrected chi connectivity index (χ2v) is 6.96. The summed E-state index contributed by atoms with van der Waals surface area (Å²) in [6.45, 7) is 1.43. The van der Waals surface area contributed by atoms with Crippen LogP contribution in [-0.2, 0) is 9.53 Å². The zero-order valence-corrected chi connectivity index (χ0v) is 14.9. The van der Waals surface area contributed by atoms with Gasteiger partial charge in [-0.2, -0.15) is 0 Å². The van der Waals surface area contributed by atoms with E-state index in [-0.39, 0.29) is 12.0 Å². The van der Waals surface area contributed by atoms with E-state index in [0.29, 0.717) is 12.5 Å². The Labute approximate surface area is 150 Å². The lowest BCUT2D eigenvalue weighted by Gasteiger charge is -2.22. The van der Waals surface area contributed by atoms with Gasteiger partial charge in [-0.25, -0.2) is 0 Å². The van der Waals surface area contributed by atoms with Gasteiger partial charge in [0.05, 0.1) is 6.10 Å². The third kappa shape index (κ3) is 4.04. The van der Waals surface area contributed by atoms with E-state index in [1.807, 2.05) is 42.5 Å². The minimum absolute atomic E-state index is 0.0668. The van der Waals surface area contributed by atoms with Crippen LogP contribution in [-0.4, -0.2) is 19.1 Å². The SMILES string of the molecule is NC(=O)C(NC[C@H]1CCO[C@@H]1c1ccccc1)c1ccc(Br)cc1. The van der Waals surface area contributed by atoms with Crippen molar-refractivity contribution in [2.24, 2.45) is 11.7 Å². The number of nitrogens with two attached hydrogens (primary N) is 1. The van der Waals surface area contributed by atoms with Crippen LogP contribution in [0, 0.1) is 5.92 Å². The first-order valence-electron chi connectivity index (χ1n) is 8.10. The molecule has 1 aliphatic heterocycles. The Hall–Kier alpha value is -1.69. The van der Waals surface area contributed by atoms with Crippen LogP contribution in [0.1, 0.15) is 29.7 Å². The Morgan fingerprint density at radius 3 is 2.58 bits per heavy atom. The molecule has 3 atom stereocenters. The van der Waals surface area contributed by atoms with Crippen molar-refractivity contribution in [1.29, 1.82) is 0 Å². The van der Waals surface area contributed by atoms with Crippen LogP contribution in [0.2, 0.25) is 0 Å². The van der Waals surface area contributed by atoms with Gasteiger partial charge >= 0.3 is 0 Å². The number of rotatable bonds is 6. The zero-order valence-electron chi connectivity index (χ0n) is 13.3. The molecule has 1 amide bonds. The van der Waals surface area contributed by atoms with Crippen LogP contribution in [0.15, 0.2) is 59.1 Å². The molecule has 0 saturated carbocycles. The molecular formula is C19H21BrN2O2. The topological polar surface area (TPSA) is 64.4 Å². The highest BCUT2D eigenvalue weighted by atomic mass is 79.9. The number of ether oxygens (including phenoxy) is 1. The maximum absolute atomic E-state index is 11.9. The molecule has 3 rings (SSSR count). The number of primary amides is 1. The van der Waals surface area contributed by atoms with Crippen LogP contribution in [0.4, 0.5) is 0 Å².